The molecule has 25 heavy (non-hydrogen) atoms. The molecule has 2 aromatic heterocycles. The summed E-state index contributed by atoms with van der Waals surface area (Å²) in [5, 5.41) is 13.8. The van der Waals surface area contributed by atoms with Crippen molar-refractivity contribution in [3.05, 3.63) is 29.2 Å². The van der Waals surface area contributed by atoms with Gasteiger partial charge >= 0.3 is 0 Å². The molecule has 3 rings (SSSR count). The highest BCUT2D eigenvalue weighted by atomic mass is 16.3. The summed E-state index contributed by atoms with van der Waals surface area (Å²) in [5.74, 6) is 0.191. The maximum Gasteiger partial charge on any atom is 0.222 e. The van der Waals surface area contributed by atoms with Crippen molar-refractivity contribution in [2.45, 2.75) is 39.7 Å². The fourth-order valence-corrected chi connectivity index (χ4v) is 3.57. The third-order valence-electron chi connectivity index (χ3n) is 4.93. The van der Waals surface area contributed by atoms with Crippen LogP contribution in [0.5, 0.6) is 0 Å². The van der Waals surface area contributed by atoms with Crippen molar-refractivity contribution in [3.8, 4) is 0 Å². The Morgan fingerprint density at radius 3 is 2.68 bits per heavy atom. The van der Waals surface area contributed by atoms with Crippen LogP contribution in [0.4, 0.5) is 0 Å². The van der Waals surface area contributed by atoms with Crippen molar-refractivity contribution in [1.82, 2.24) is 24.4 Å². The van der Waals surface area contributed by atoms with Crippen LogP contribution in [0.3, 0.4) is 0 Å². The summed E-state index contributed by atoms with van der Waals surface area (Å²) in [6.45, 7) is 9.63. The Kier molecular flexibility index (Phi) is 5.34. The Hall–Kier alpha value is -1.99. The number of piperazine rings is 1. The quantitative estimate of drug-likeness (QED) is 0.868. The minimum Gasteiger partial charge on any atom is -0.392 e. The average Bonchev–Trinajstić information content (AvgIpc) is 3.03. The zero-order chi connectivity index (χ0) is 18.0. The van der Waals surface area contributed by atoms with Crippen LogP contribution in [-0.4, -0.2) is 74.2 Å². The van der Waals surface area contributed by atoms with Gasteiger partial charge in [-0.25, -0.2) is 9.50 Å². The molecule has 1 fully saturated rings. The molecule has 7 nitrogen and oxygen atoms in total. The lowest BCUT2D eigenvalue weighted by molar-refractivity contribution is -0.133. The van der Waals surface area contributed by atoms with Gasteiger partial charge in [0.2, 0.25) is 5.91 Å². The molecule has 1 saturated heterocycles. The highest BCUT2D eigenvalue weighted by Crippen LogP contribution is 2.17. The van der Waals surface area contributed by atoms with Gasteiger partial charge in [0.25, 0.3) is 0 Å². The van der Waals surface area contributed by atoms with Gasteiger partial charge in [-0.3, -0.25) is 9.69 Å². The van der Waals surface area contributed by atoms with Gasteiger partial charge in [0.1, 0.15) is 0 Å². The minimum absolute atomic E-state index is 0.191. The molecule has 3 heterocycles. The Labute approximate surface area is 148 Å². The van der Waals surface area contributed by atoms with E-state index >= 15 is 0 Å². The van der Waals surface area contributed by atoms with E-state index in [2.05, 4.69) is 15.0 Å². The van der Waals surface area contributed by atoms with Crippen LogP contribution in [0, 0.1) is 13.8 Å². The smallest absolute Gasteiger partial charge is 0.222 e. The molecule has 1 aliphatic heterocycles. The second-order valence-corrected chi connectivity index (χ2v) is 6.89. The summed E-state index contributed by atoms with van der Waals surface area (Å²) in [6, 6.07) is 1.89. The third kappa shape index (κ3) is 3.99. The van der Waals surface area contributed by atoms with E-state index in [1.54, 1.807) is 13.1 Å². The average molecular weight is 345 g/mol. The number of amides is 1. The molecule has 1 atom stereocenters. The van der Waals surface area contributed by atoms with E-state index in [0.29, 0.717) is 19.4 Å². The monoisotopic (exact) mass is 345 g/mol. The van der Waals surface area contributed by atoms with Crippen LogP contribution in [-0.2, 0) is 11.2 Å². The van der Waals surface area contributed by atoms with Crippen molar-refractivity contribution in [2.24, 2.45) is 0 Å². The number of aliphatic hydroxyl groups excluding tert-OH is 1. The maximum atomic E-state index is 12.6. The number of carbonyl (C=O) groups is 1. The first-order chi connectivity index (χ1) is 12.0. The lowest BCUT2D eigenvalue weighted by atomic mass is 10.1. The van der Waals surface area contributed by atoms with Crippen molar-refractivity contribution < 1.29 is 9.90 Å². The molecule has 1 unspecified atom stereocenters. The molecule has 7 heteroatoms. The fourth-order valence-electron chi connectivity index (χ4n) is 3.57. The number of carbonyl (C=O) groups excluding carboxylic acids is 1. The molecule has 0 aliphatic carbocycles. The molecule has 2 aromatic rings. The molecule has 1 amide bonds. The second-order valence-electron chi connectivity index (χ2n) is 6.89. The number of hydrogen-bond donors (Lipinski definition) is 1. The zero-order valence-corrected chi connectivity index (χ0v) is 15.3. The lowest BCUT2D eigenvalue weighted by Crippen LogP contribution is -2.50. The molecular weight excluding hydrogens is 318 g/mol. The first kappa shape index (κ1) is 17.8. The molecule has 136 valence electrons. The topological polar surface area (TPSA) is 74.0 Å². The number of β-amino-alcohol motifs (C(OH)–C–C–N with tert-alkyl or cyclic N) is 1. The van der Waals surface area contributed by atoms with Gasteiger partial charge < -0.3 is 10.0 Å². The van der Waals surface area contributed by atoms with Gasteiger partial charge in [-0.2, -0.15) is 5.10 Å². The number of nitrogens with zero attached hydrogens (tertiary/aromatic N) is 5. The molecule has 0 spiro atoms. The van der Waals surface area contributed by atoms with Crippen LogP contribution in [0.25, 0.3) is 5.65 Å². The largest absolute Gasteiger partial charge is 0.392 e. The lowest BCUT2D eigenvalue weighted by Gasteiger charge is -2.35. The van der Waals surface area contributed by atoms with Crippen LogP contribution in [0.1, 0.15) is 30.3 Å². The summed E-state index contributed by atoms with van der Waals surface area (Å²) < 4.78 is 1.83. The minimum atomic E-state index is -0.321. The molecule has 0 aromatic carbocycles. The number of rotatable bonds is 5. The fraction of sp³-hybridized carbons (Fsp3) is 0.611. The van der Waals surface area contributed by atoms with Crippen LogP contribution in [0.15, 0.2) is 12.3 Å². The highest BCUT2D eigenvalue weighted by molar-refractivity contribution is 5.76. The number of aliphatic hydroxyl groups is 1. The molecule has 1 aliphatic rings. The van der Waals surface area contributed by atoms with Gasteiger partial charge in [0.15, 0.2) is 5.65 Å². The first-order valence-corrected chi connectivity index (χ1v) is 8.93. The molecule has 0 bridgehead atoms. The second kappa shape index (κ2) is 7.49. The van der Waals surface area contributed by atoms with E-state index in [0.717, 1.165) is 48.8 Å². The zero-order valence-electron chi connectivity index (χ0n) is 15.3. The molecular formula is C18H27N5O2. The van der Waals surface area contributed by atoms with Crippen LogP contribution >= 0.6 is 0 Å². The van der Waals surface area contributed by atoms with Gasteiger partial charge in [0, 0.05) is 56.6 Å². The van der Waals surface area contributed by atoms with Crippen molar-refractivity contribution in [3.63, 3.8) is 0 Å². The summed E-state index contributed by atoms with van der Waals surface area (Å²) in [7, 11) is 0. The summed E-state index contributed by atoms with van der Waals surface area (Å²) >= 11 is 0. The standard InChI is InChI=1S/C18H27N5O2/c1-13(24)12-21-8-10-22(11-9-21)18(25)5-4-16-14(2)20-17-6-7-19-23(17)15(16)3/h6-7,13,24H,4-5,8-12H2,1-3H3. The van der Waals surface area contributed by atoms with E-state index < -0.39 is 0 Å². The highest BCUT2D eigenvalue weighted by Gasteiger charge is 2.22. The molecule has 1 N–H and O–H groups in total. The number of fused-ring (bicyclic) bond motifs is 1. The van der Waals surface area contributed by atoms with Gasteiger partial charge in [0.05, 0.1) is 12.3 Å². The maximum absolute atomic E-state index is 12.6. The Morgan fingerprint density at radius 2 is 2.00 bits per heavy atom. The molecule has 0 saturated carbocycles. The Morgan fingerprint density at radius 1 is 1.28 bits per heavy atom. The van der Waals surface area contributed by atoms with Gasteiger partial charge in [-0.05, 0) is 32.8 Å². The van der Waals surface area contributed by atoms with Crippen LogP contribution in [0.2, 0.25) is 0 Å². The van der Waals surface area contributed by atoms with E-state index in [1.165, 1.54) is 0 Å². The van der Waals surface area contributed by atoms with E-state index in [9.17, 15) is 9.90 Å². The van der Waals surface area contributed by atoms with Crippen molar-refractivity contribution in [1.29, 1.82) is 0 Å². The summed E-state index contributed by atoms with van der Waals surface area (Å²) in [6.07, 6.45) is 2.61. The Balaban J connectivity index is 1.58. The molecule has 0 radical (unpaired) electrons. The van der Waals surface area contributed by atoms with E-state index in [-0.39, 0.29) is 12.0 Å². The van der Waals surface area contributed by atoms with Crippen LogP contribution < -0.4 is 0 Å². The number of aromatic nitrogens is 3. The normalized spacial score (nSPS) is 17.2. The number of hydrogen-bond acceptors (Lipinski definition) is 5. The van der Waals surface area contributed by atoms with E-state index in [4.69, 9.17) is 0 Å². The first-order valence-electron chi connectivity index (χ1n) is 8.93. The summed E-state index contributed by atoms with van der Waals surface area (Å²) in [4.78, 5) is 21.3. The Bertz CT molecular complexity index is 747. The third-order valence-corrected chi connectivity index (χ3v) is 4.93. The SMILES string of the molecule is Cc1nc2ccnn2c(C)c1CCC(=O)N1CCN(CC(C)O)CC1. The van der Waals surface area contributed by atoms with Gasteiger partial charge in [-0.1, -0.05) is 0 Å². The van der Waals surface area contributed by atoms with Crippen molar-refractivity contribution in [2.75, 3.05) is 32.7 Å². The van der Waals surface area contributed by atoms with E-state index in [1.807, 2.05) is 29.3 Å². The van der Waals surface area contributed by atoms with Gasteiger partial charge in [-0.15, -0.1) is 0 Å². The summed E-state index contributed by atoms with van der Waals surface area (Å²) in [5.41, 5.74) is 3.98. The number of aryl methyl sites for hydroxylation is 2. The predicted octanol–water partition coefficient (Wildman–Crippen LogP) is 0.804. The van der Waals surface area contributed by atoms with Crippen molar-refractivity contribution >= 4 is 11.6 Å². The predicted molar refractivity (Wildman–Crippen MR) is 95.5 cm³/mol.